The van der Waals surface area contributed by atoms with Crippen LogP contribution < -0.4 is 11.1 Å². The topological polar surface area (TPSA) is 92.8 Å². The lowest BCUT2D eigenvalue weighted by molar-refractivity contribution is -0.117. The molecule has 0 aliphatic carbocycles. The number of hydrogen-bond acceptors (Lipinski definition) is 7. The van der Waals surface area contributed by atoms with E-state index in [-0.39, 0.29) is 17.7 Å². The molecular formula is C13H17N5O2S. The Morgan fingerprint density at radius 2 is 2.52 bits per heavy atom. The molecule has 3 N–H and O–H groups in total. The maximum Gasteiger partial charge on any atom is 0.275 e. The highest BCUT2D eigenvalue weighted by Gasteiger charge is 2.39. The maximum absolute atomic E-state index is 12.4. The molecule has 1 amide bonds. The van der Waals surface area contributed by atoms with Gasteiger partial charge < -0.3 is 20.8 Å². The highest BCUT2D eigenvalue weighted by molar-refractivity contribution is 7.13. The van der Waals surface area contributed by atoms with Crippen LogP contribution in [-0.2, 0) is 9.63 Å². The van der Waals surface area contributed by atoms with Crippen LogP contribution in [0.1, 0.15) is 18.5 Å². The molecule has 2 atom stereocenters. The van der Waals surface area contributed by atoms with Crippen LogP contribution in [0.3, 0.4) is 0 Å². The molecule has 1 aromatic heterocycles. The van der Waals surface area contributed by atoms with E-state index in [1.54, 1.807) is 5.38 Å². The standard InChI is InChI=1S/C13H17N5O2S/c1-20-17-11(9-7-21-13(14)16-9)12(19)15-8-6-18-5-3-2-4-10(8)18/h3,5,7-8,10H,2,4,6H2,1H3,(H2,14,16)(H,15,19)/t8-,10+/m1/s1. The molecule has 21 heavy (non-hydrogen) atoms. The second kappa shape index (κ2) is 5.72. The summed E-state index contributed by atoms with van der Waals surface area (Å²) in [4.78, 5) is 23.5. The zero-order valence-corrected chi connectivity index (χ0v) is 12.5. The molecular weight excluding hydrogens is 290 g/mol. The predicted octanol–water partition coefficient (Wildman–Crippen LogP) is 0.552. The summed E-state index contributed by atoms with van der Waals surface area (Å²) >= 11 is 1.27. The van der Waals surface area contributed by atoms with Crippen molar-refractivity contribution >= 4 is 28.1 Å². The first-order valence-electron chi connectivity index (χ1n) is 6.75. The number of nitrogens with one attached hydrogen (secondary N) is 1. The minimum atomic E-state index is -0.277. The van der Waals surface area contributed by atoms with Gasteiger partial charge in [-0.1, -0.05) is 11.2 Å². The Bertz CT molecular complexity index is 597. The van der Waals surface area contributed by atoms with Crippen molar-refractivity contribution in [1.29, 1.82) is 0 Å². The van der Waals surface area contributed by atoms with Crippen molar-refractivity contribution in [2.75, 3.05) is 19.4 Å². The smallest absolute Gasteiger partial charge is 0.275 e. The van der Waals surface area contributed by atoms with E-state index < -0.39 is 0 Å². The van der Waals surface area contributed by atoms with E-state index in [4.69, 9.17) is 10.6 Å². The van der Waals surface area contributed by atoms with Gasteiger partial charge in [-0.15, -0.1) is 11.3 Å². The molecule has 0 unspecified atom stereocenters. The average molecular weight is 307 g/mol. The summed E-state index contributed by atoms with van der Waals surface area (Å²) < 4.78 is 0. The zero-order valence-electron chi connectivity index (χ0n) is 11.7. The Hall–Kier alpha value is -2.09. The first-order valence-corrected chi connectivity index (χ1v) is 7.63. The van der Waals surface area contributed by atoms with Gasteiger partial charge in [0.15, 0.2) is 10.8 Å². The number of oxime groups is 1. The van der Waals surface area contributed by atoms with Gasteiger partial charge in [-0.2, -0.15) is 0 Å². The molecule has 0 spiro atoms. The fourth-order valence-electron chi connectivity index (χ4n) is 2.66. The fraction of sp³-hybridized carbons (Fsp3) is 0.462. The SMILES string of the molecule is CON=C(C(=O)N[C@@H]1CN2C=CCC[C@@H]12)c1csc(N)n1. The quantitative estimate of drug-likeness (QED) is 0.626. The van der Waals surface area contributed by atoms with Gasteiger partial charge in [-0.05, 0) is 19.0 Å². The maximum atomic E-state index is 12.4. The van der Waals surface area contributed by atoms with Gasteiger partial charge in [-0.3, -0.25) is 4.79 Å². The summed E-state index contributed by atoms with van der Waals surface area (Å²) in [5.41, 5.74) is 6.21. The highest BCUT2D eigenvalue weighted by atomic mass is 32.1. The molecule has 1 aromatic rings. The van der Waals surface area contributed by atoms with Gasteiger partial charge in [0, 0.05) is 11.9 Å². The summed E-state index contributed by atoms with van der Waals surface area (Å²) in [5.74, 6) is -0.277. The first-order chi connectivity index (χ1) is 10.2. The summed E-state index contributed by atoms with van der Waals surface area (Å²) in [7, 11) is 1.40. The molecule has 3 rings (SSSR count). The number of amides is 1. The molecule has 1 fully saturated rings. The summed E-state index contributed by atoms with van der Waals surface area (Å²) in [6.45, 7) is 0.826. The van der Waals surface area contributed by atoms with E-state index in [0.29, 0.717) is 16.9 Å². The Morgan fingerprint density at radius 3 is 3.19 bits per heavy atom. The van der Waals surface area contributed by atoms with Crippen molar-refractivity contribution in [3.8, 4) is 0 Å². The summed E-state index contributed by atoms with van der Waals surface area (Å²) in [6, 6.07) is 0.517. The Labute approximate surface area is 126 Å². The Morgan fingerprint density at radius 1 is 1.67 bits per heavy atom. The van der Waals surface area contributed by atoms with Crippen molar-refractivity contribution in [1.82, 2.24) is 15.2 Å². The average Bonchev–Trinajstić information content (AvgIpc) is 2.88. The van der Waals surface area contributed by atoms with Crippen LogP contribution in [0, 0.1) is 0 Å². The molecule has 8 heteroatoms. The number of carbonyl (C=O) groups is 1. The van der Waals surface area contributed by atoms with E-state index in [2.05, 4.69) is 32.6 Å². The number of nitrogen functional groups attached to an aromatic ring is 1. The van der Waals surface area contributed by atoms with Gasteiger partial charge in [0.1, 0.15) is 12.8 Å². The second-order valence-corrected chi connectivity index (χ2v) is 5.89. The van der Waals surface area contributed by atoms with Crippen LogP contribution in [0.5, 0.6) is 0 Å². The van der Waals surface area contributed by atoms with E-state index in [1.807, 2.05) is 0 Å². The highest BCUT2D eigenvalue weighted by Crippen LogP contribution is 2.27. The normalized spacial score (nSPS) is 24.2. The van der Waals surface area contributed by atoms with Gasteiger partial charge in [0.25, 0.3) is 5.91 Å². The molecule has 112 valence electrons. The van der Waals surface area contributed by atoms with Crippen molar-refractivity contribution in [2.45, 2.75) is 24.9 Å². The number of fused-ring (bicyclic) bond motifs is 1. The van der Waals surface area contributed by atoms with Gasteiger partial charge >= 0.3 is 0 Å². The number of thiazole rings is 1. The number of rotatable bonds is 4. The Balaban J connectivity index is 1.68. The molecule has 0 radical (unpaired) electrons. The van der Waals surface area contributed by atoms with Crippen LogP contribution in [-0.4, -0.2) is 47.2 Å². The molecule has 0 aromatic carbocycles. The molecule has 1 saturated heterocycles. The molecule has 7 nitrogen and oxygen atoms in total. The van der Waals surface area contributed by atoms with Gasteiger partial charge in [0.05, 0.1) is 12.1 Å². The second-order valence-electron chi connectivity index (χ2n) is 5.00. The number of nitrogens with zero attached hydrogens (tertiary/aromatic N) is 3. The largest absolute Gasteiger partial charge is 0.398 e. The van der Waals surface area contributed by atoms with Crippen LogP contribution in [0.4, 0.5) is 5.13 Å². The summed E-state index contributed by atoms with van der Waals surface area (Å²) in [6.07, 6.45) is 6.36. The number of allylic oxidation sites excluding steroid dienone is 1. The van der Waals surface area contributed by atoms with E-state index >= 15 is 0 Å². The van der Waals surface area contributed by atoms with E-state index in [0.717, 1.165) is 19.4 Å². The number of aromatic nitrogens is 1. The number of anilines is 1. The molecule has 3 heterocycles. The van der Waals surface area contributed by atoms with E-state index in [1.165, 1.54) is 18.4 Å². The lowest BCUT2D eigenvalue weighted by Gasteiger charge is -2.49. The number of carbonyl (C=O) groups excluding carboxylic acids is 1. The van der Waals surface area contributed by atoms with Gasteiger partial charge in [-0.25, -0.2) is 4.98 Å². The lowest BCUT2D eigenvalue weighted by atomic mass is 9.90. The molecule has 0 saturated carbocycles. The summed E-state index contributed by atoms with van der Waals surface area (Å²) in [5, 5.41) is 8.89. The third-order valence-electron chi connectivity index (χ3n) is 3.70. The van der Waals surface area contributed by atoms with E-state index in [9.17, 15) is 4.79 Å². The number of hydrogen-bond donors (Lipinski definition) is 2. The third kappa shape index (κ3) is 2.71. The van der Waals surface area contributed by atoms with Crippen molar-refractivity contribution < 1.29 is 9.63 Å². The molecule has 0 bridgehead atoms. The van der Waals surface area contributed by atoms with Crippen LogP contribution in [0.2, 0.25) is 0 Å². The lowest BCUT2D eigenvalue weighted by Crippen LogP contribution is -2.65. The molecule has 2 aliphatic rings. The van der Waals surface area contributed by atoms with Crippen molar-refractivity contribution in [3.63, 3.8) is 0 Å². The molecule has 2 aliphatic heterocycles. The predicted molar refractivity (Wildman–Crippen MR) is 80.9 cm³/mol. The number of nitrogens with two attached hydrogens (primary N) is 1. The fourth-order valence-corrected chi connectivity index (χ4v) is 3.21. The van der Waals surface area contributed by atoms with Crippen molar-refractivity contribution in [3.05, 3.63) is 23.3 Å². The minimum Gasteiger partial charge on any atom is -0.398 e. The first kappa shape index (κ1) is 13.9. The van der Waals surface area contributed by atoms with Crippen LogP contribution in [0.15, 0.2) is 22.8 Å². The van der Waals surface area contributed by atoms with Gasteiger partial charge in [0.2, 0.25) is 0 Å². The van der Waals surface area contributed by atoms with Crippen molar-refractivity contribution in [2.24, 2.45) is 5.16 Å². The zero-order chi connectivity index (χ0) is 14.8. The van der Waals surface area contributed by atoms with Crippen LogP contribution in [0.25, 0.3) is 0 Å². The Kier molecular flexibility index (Phi) is 3.78. The minimum absolute atomic E-state index is 0.139. The third-order valence-corrected chi connectivity index (χ3v) is 4.38. The van der Waals surface area contributed by atoms with Crippen LogP contribution >= 0.6 is 11.3 Å². The monoisotopic (exact) mass is 307 g/mol.